The molecule has 0 aliphatic heterocycles. The normalized spacial score (nSPS) is 10.4. The molecule has 0 aliphatic carbocycles. The molecule has 2 aromatic rings. The van der Waals surface area contributed by atoms with Crippen LogP contribution in [-0.2, 0) is 0 Å². The summed E-state index contributed by atoms with van der Waals surface area (Å²) in [6, 6.07) is 6.33. The lowest BCUT2D eigenvalue weighted by atomic mass is 10.2. The van der Waals surface area contributed by atoms with Crippen LogP contribution in [0.3, 0.4) is 0 Å². The summed E-state index contributed by atoms with van der Waals surface area (Å²) < 4.78 is 5.09. The Morgan fingerprint density at radius 3 is 2.92 bits per heavy atom. The molecular formula is C9H5ClO2. The van der Waals surface area contributed by atoms with Crippen molar-refractivity contribution in [2.24, 2.45) is 0 Å². The molecule has 0 radical (unpaired) electrons. The van der Waals surface area contributed by atoms with E-state index in [9.17, 15) is 4.79 Å². The van der Waals surface area contributed by atoms with Gasteiger partial charge in [-0.1, -0.05) is 11.6 Å². The van der Waals surface area contributed by atoms with Gasteiger partial charge < -0.3 is 4.42 Å². The molecule has 0 spiro atoms. The molecular weight excluding hydrogens is 176 g/mol. The van der Waals surface area contributed by atoms with Gasteiger partial charge in [-0.2, -0.15) is 0 Å². The number of hydrogen-bond acceptors (Lipinski definition) is 2. The quantitative estimate of drug-likeness (QED) is 0.624. The molecule has 0 fully saturated rings. The van der Waals surface area contributed by atoms with Crippen LogP contribution in [0.2, 0.25) is 5.02 Å². The van der Waals surface area contributed by atoms with Crippen molar-refractivity contribution in [2.45, 2.75) is 0 Å². The van der Waals surface area contributed by atoms with Gasteiger partial charge in [-0.25, -0.2) is 0 Å². The van der Waals surface area contributed by atoms with Gasteiger partial charge in [0.2, 0.25) is 0 Å². The molecule has 0 saturated heterocycles. The first kappa shape index (κ1) is 7.37. The summed E-state index contributed by atoms with van der Waals surface area (Å²) in [6.07, 6.45) is 1.36. The largest absolute Gasteiger partial charge is 0.464 e. The first-order chi connectivity index (χ1) is 5.77. The van der Waals surface area contributed by atoms with Gasteiger partial charge in [0.1, 0.15) is 5.58 Å². The lowest BCUT2D eigenvalue weighted by Gasteiger charge is -1.94. The van der Waals surface area contributed by atoms with Gasteiger partial charge >= 0.3 is 0 Å². The first-order valence-electron chi connectivity index (χ1n) is 3.44. The van der Waals surface area contributed by atoms with Crippen LogP contribution in [-0.4, -0.2) is 0 Å². The smallest absolute Gasteiger partial charge is 0.192 e. The van der Waals surface area contributed by atoms with Crippen molar-refractivity contribution in [2.75, 3.05) is 0 Å². The summed E-state index contributed by atoms with van der Waals surface area (Å²) in [4.78, 5) is 11.2. The maximum Gasteiger partial charge on any atom is 0.192 e. The number of rotatable bonds is 0. The van der Waals surface area contributed by atoms with Gasteiger partial charge in [0.25, 0.3) is 0 Å². The van der Waals surface area contributed by atoms with Crippen molar-refractivity contribution < 1.29 is 4.42 Å². The topological polar surface area (TPSA) is 30.2 Å². The Labute approximate surface area is 73.4 Å². The third-order valence-electron chi connectivity index (χ3n) is 1.62. The predicted octanol–water partition coefficient (Wildman–Crippen LogP) is 2.45. The van der Waals surface area contributed by atoms with Gasteiger partial charge in [-0.3, -0.25) is 4.79 Å². The maximum absolute atomic E-state index is 11.2. The SMILES string of the molecule is O=c1ccoc2cc(Cl)ccc12. The van der Waals surface area contributed by atoms with E-state index in [1.54, 1.807) is 18.2 Å². The van der Waals surface area contributed by atoms with Crippen LogP contribution in [0.1, 0.15) is 0 Å². The average Bonchev–Trinajstić information content (AvgIpc) is 2.04. The molecule has 0 N–H and O–H groups in total. The summed E-state index contributed by atoms with van der Waals surface area (Å²) in [5.74, 6) is 0. The second-order valence-electron chi connectivity index (χ2n) is 2.43. The van der Waals surface area contributed by atoms with Gasteiger partial charge in [0, 0.05) is 17.2 Å². The van der Waals surface area contributed by atoms with E-state index in [1.807, 2.05) is 0 Å². The molecule has 2 nitrogen and oxygen atoms in total. The number of fused-ring (bicyclic) bond motifs is 1. The van der Waals surface area contributed by atoms with Crippen molar-refractivity contribution in [1.82, 2.24) is 0 Å². The molecule has 0 amide bonds. The van der Waals surface area contributed by atoms with Crippen LogP contribution >= 0.6 is 11.6 Å². The molecule has 0 aliphatic rings. The lowest BCUT2D eigenvalue weighted by molar-refractivity contribution is 0.602. The lowest BCUT2D eigenvalue weighted by Crippen LogP contribution is -1.96. The summed E-state index contributed by atoms with van der Waals surface area (Å²) >= 11 is 5.71. The standard InChI is InChI=1S/C9H5ClO2/c10-6-1-2-7-8(11)3-4-12-9(7)5-6/h1-5H. The zero-order valence-electron chi connectivity index (χ0n) is 6.08. The zero-order valence-corrected chi connectivity index (χ0v) is 6.84. The minimum absolute atomic E-state index is 0.0482. The van der Waals surface area contributed by atoms with E-state index in [4.69, 9.17) is 16.0 Å². The van der Waals surface area contributed by atoms with Crippen molar-refractivity contribution >= 4 is 22.6 Å². The fraction of sp³-hybridized carbons (Fsp3) is 0. The first-order valence-corrected chi connectivity index (χ1v) is 3.82. The van der Waals surface area contributed by atoms with Crippen LogP contribution in [0.15, 0.2) is 39.7 Å². The third-order valence-corrected chi connectivity index (χ3v) is 1.86. The molecule has 1 heterocycles. The molecule has 12 heavy (non-hydrogen) atoms. The maximum atomic E-state index is 11.2. The van der Waals surface area contributed by atoms with E-state index >= 15 is 0 Å². The third kappa shape index (κ3) is 1.10. The highest BCUT2D eigenvalue weighted by Crippen LogP contribution is 2.15. The van der Waals surface area contributed by atoms with Crippen LogP contribution in [0.25, 0.3) is 11.0 Å². The molecule has 60 valence electrons. The molecule has 0 unspecified atom stereocenters. The molecule has 2 rings (SSSR count). The van der Waals surface area contributed by atoms with Gasteiger partial charge in [0.05, 0.1) is 11.6 Å². The van der Waals surface area contributed by atoms with Crippen LogP contribution < -0.4 is 5.43 Å². The molecule has 3 heteroatoms. The monoisotopic (exact) mass is 180 g/mol. The van der Waals surface area contributed by atoms with Gasteiger partial charge in [0.15, 0.2) is 5.43 Å². The highest BCUT2D eigenvalue weighted by molar-refractivity contribution is 6.31. The van der Waals surface area contributed by atoms with E-state index in [0.29, 0.717) is 16.0 Å². The predicted molar refractivity (Wildman–Crippen MR) is 47.5 cm³/mol. The summed E-state index contributed by atoms with van der Waals surface area (Å²) in [7, 11) is 0. The van der Waals surface area contributed by atoms with Crippen molar-refractivity contribution in [1.29, 1.82) is 0 Å². The van der Waals surface area contributed by atoms with Crippen LogP contribution in [0, 0.1) is 0 Å². The number of benzene rings is 1. The Kier molecular flexibility index (Phi) is 1.62. The minimum atomic E-state index is -0.0482. The van der Waals surface area contributed by atoms with Gasteiger partial charge in [-0.15, -0.1) is 0 Å². The van der Waals surface area contributed by atoms with Crippen LogP contribution in [0.5, 0.6) is 0 Å². The summed E-state index contributed by atoms with van der Waals surface area (Å²) in [5, 5.41) is 1.12. The average molecular weight is 181 g/mol. The van der Waals surface area contributed by atoms with E-state index in [-0.39, 0.29) is 5.43 Å². The molecule has 1 aromatic heterocycles. The highest BCUT2D eigenvalue weighted by atomic mass is 35.5. The summed E-state index contributed by atoms with van der Waals surface area (Å²) in [6.45, 7) is 0. The van der Waals surface area contributed by atoms with E-state index in [2.05, 4.69) is 0 Å². The Hall–Kier alpha value is -1.28. The fourth-order valence-corrected chi connectivity index (χ4v) is 1.22. The van der Waals surface area contributed by atoms with Crippen molar-refractivity contribution in [3.63, 3.8) is 0 Å². The second-order valence-corrected chi connectivity index (χ2v) is 2.86. The summed E-state index contributed by atoms with van der Waals surface area (Å²) in [5.41, 5.74) is 0.475. The molecule has 0 saturated carbocycles. The fourth-order valence-electron chi connectivity index (χ4n) is 1.06. The zero-order chi connectivity index (χ0) is 8.55. The molecule has 0 bridgehead atoms. The Bertz CT molecular complexity index is 473. The molecule has 1 aromatic carbocycles. The number of halogens is 1. The van der Waals surface area contributed by atoms with E-state index in [1.165, 1.54) is 12.3 Å². The Morgan fingerprint density at radius 1 is 1.25 bits per heavy atom. The molecule has 0 atom stereocenters. The van der Waals surface area contributed by atoms with E-state index < -0.39 is 0 Å². The second kappa shape index (κ2) is 2.64. The van der Waals surface area contributed by atoms with Crippen molar-refractivity contribution in [3.05, 3.63) is 45.8 Å². The minimum Gasteiger partial charge on any atom is -0.464 e. The van der Waals surface area contributed by atoms with Crippen LogP contribution in [0.4, 0.5) is 0 Å². The highest BCUT2D eigenvalue weighted by Gasteiger charge is 1.98. The Morgan fingerprint density at radius 2 is 2.08 bits per heavy atom. The van der Waals surface area contributed by atoms with Crippen molar-refractivity contribution in [3.8, 4) is 0 Å². The number of hydrogen-bond donors (Lipinski definition) is 0. The van der Waals surface area contributed by atoms with Gasteiger partial charge in [-0.05, 0) is 12.1 Å². The van der Waals surface area contributed by atoms with E-state index in [0.717, 1.165) is 0 Å². The Balaban J connectivity index is 2.96.